The summed E-state index contributed by atoms with van der Waals surface area (Å²) in [5, 5.41) is 13.6. The summed E-state index contributed by atoms with van der Waals surface area (Å²) in [6, 6.07) is 3.65. The van der Waals surface area contributed by atoms with Gasteiger partial charge in [-0.15, -0.1) is 0 Å². The van der Waals surface area contributed by atoms with Gasteiger partial charge in [0.05, 0.1) is 12.6 Å². The van der Waals surface area contributed by atoms with Crippen LogP contribution < -0.4 is 5.32 Å². The fraction of sp³-hybridized carbons (Fsp3) is 0.625. The van der Waals surface area contributed by atoms with Crippen molar-refractivity contribution in [1.29, 1.82) is 0 Å². The summed E-state index contributed by atoms with van der Waals surface area (Å²) in [6.07, 6.45) is 2.79. The van der Waals surface area contributed by atoms with Crippen LogP contribution in [0, 0.1) is 0 Å². The Morgan fingerprint density at radius 1 is 1.50 bits per heavy atom. The first-order valence-electron chi connectivity index (χ1n) is 7.77. The Bertz CT molecular complexity index is 492. The second-order valence-corrected chi connectivity index (χ2v) is 7.82. The van der Waals surface area contributed by atoms with E-state index < -0.39 is 6.10 Å². The van der Waals surface area contributed by atoms with Crippen molar-refractivity contribution in [2.24, 2.45) is 4.99 Å². The number of rotatable bonds is 4. The van der Waals surface area contributed by atoms with Crippen LogP contribution in [0.4, 0.5) is 0 Å². The van der Waals surface area contributed by atoms with Gasteiger partial charge in [-0.3, -0.25) is 9.98 Å². The SMILES string of the molecule is CCNC(=NCC(O)c1ccncc1)N1CCSC(C)(C)C1. The van der Waals surface area contributed by atoms with Gasteiger partial charge in [0.15, 0.2) is 5.96 Å². The Kier molecular flexibility index (Phi) is 6.08. The van der Waals surface area contributed by atoms with E-state index in [9.17, 15) is 5.11 Å². The predicted molar refractivity (Wildman–Crippen MR) is 93.3 cm³/mol. The molecule has 0 radical (unpaired) electrons. The summed E-state index contributed by atoms with van der Waals surface area (Å²) in [7, 11) is 0. The molecule has 0 amide bonds. The van der Waals surface area contributed by atoms with E-state index in [1.54, 1.807) is 12.4 Å². The van der Waals surface area contributed by atoms with Gasteiger partial charge in [-0.05, 0) is 38.5 Å². The maximum atomic E-state index is 10.3. The smallest absolute Gasteiger partial charge is 0.194 e. The highest BCUT2D eigenvalue weighted by Crippen LogP contribution is 2.29. The van der Waals surface area contributed by atoms with Gasteiger partial charge in [0, 0.05) is 42.5 Å². The van der Waals surface area contributed by atoms with Gasteiger partial charge in [0.1, 0.15) is 0 Å². The van der Waals surface area contributed by atoms with Crippen molar-refractivity contribution in [1.82, 2.24) is 15.2 Å². The largest absolute Gasteiger partial charge is 0.386 e. The molecule has 1 unspecified atom stereocenters. The number of pyridine rings is 1. The molecule has 5 nitrogen and oxygen atoms in total. The molecule has 0 spiro atoms. The van der Waals surface area contributed by atoms with E-state index in [0.29, 0.717) is 6.54 Å². The number of aliphatic imine (C=N–C) groups is 1. The zero-order valence-electron chi connectivity index (χ0n) is 13.6. The average molecular weight is 322 g/mol. The zero-order valence-corrected chi connectivity index (χ0v) is 14.4. The Hall–Kier alpha value is -1.27. The Morgan fingerprint density at radius 2 is 2.23 bits per heavy atom. The highest BCUT2D eigenvalue weighted by molar-refractivity contribution is 8.00. The molecule has 1 atom stereocenters. The topological polar surface area (TPSA) is 60.8 Å². The van der Waals surface area contributed by atoms with Crippen LogP contribution in [-0.4, -0.2) is 57.6 Å². The predicted octanol–water partition coefficient (Wildman–Crippen LogP) is 1.91. The van der Waals surface area contributed by atoms with Crippen molar-refractivity contribution in [2.75, 3.05) is 31.9 Å². The van der Waals surface area contributed by atoms with Crippen LogP contribution in [-0.2, 0) is 0 Å². The van der Waals surface area contributed by atoms with E-state index in [4.69, 9.17) is 0 Å². The number of hydrogen-bond donors (Lipinski definition) is 2. The minimum Gasteiger partial charge on any atom is -0.386 e. The molecule has 0 bridgehead atoms. The van der Waals surface area contributed by atoms with Crippen molar-refractivity contribution in [3.63, 3.8) is 0 Å². The summed E-state index contributed by atoms with van der Waals surface area (Å²) in [6.45, 7) is 9.74. The maximum absolute atomic E-state index is 10.3. The lowest BCUT2D eigenvalue weighted by molar-refractivity contribution is 0.186. The van der Waals surface area contributed by atoms with E-state index in [0.717, 1.165) is 36.9 Å². The van der Waals surface area contributed by atoms with Crippen LogP contribution in [0.2, 0.25) is 0 Å². The van der Waals surface area contributed by atoms with Crippen molar-refractivity contribution in [2.45, 2.75) is 31.6 Å². The van der Waals surface area contributed by atoms with E-state index in [1.165, 1.54) is 0 Å². The molecule has 1 aromatic heterocycles. The maximum Gasteiger partial charge on any atom is 0.194 e. The normalized spacial score (nSPS) is 19.8. The summed E-state index contributed by atoms with van der Waals surface area (Å²) < 4.78 is 0.234. The Morgan fingerprint density at radius 3 is 2.86 bits per heavy atom. The first-order chi connectivity index (χ1) is 10.5. The molecule has 1 saturated heterocycles. The van der Waals surface area contributed by atoms with Crippen molar-refractivity contribution in [3.8, 4) is 0 Å². The Balaban J connectivity index is 2.03. The molecular weight excluding hydrogens is 296 g/mol. The van der Waals surface area contributed by atoms with E-state index in [2.05, 4.69) is 41.0 Å². The summed E-state index contributed by atoms with van der Waals surface area (Å²) in [4.78, 5) is 10.9. The zero-order chi connectivity index (χ0) is 16.0. The van der Waals surface area contributed by atoms with Gasteiger partial charge < -0.3 is 15.3 Å². The summed E-state index contributed by atoms with van der Waals surface area (Å²) in [5.41, 5.74) is 0.851. The lowest BCUT2D eigenvalue weighted by Crippen LogP contribution is -2.51. The third kappa shape index (κ3) is 4.88. The van der Waals surface area contributed by atoms with Gasteiger partial charge in [-0.2, -0.15) is 11.8 Å². The first-order valence-corrected chi connectivity index (χ1v) is 8.75. The second kappa shape index (κ2) is 7.83. The number of nitrogens with zero attached hydrogens (tertiary/aromatic N) is 3. The lowest BCUT2D eigenvalue weighted by Gasteiger charge is -2.39. The molecule has 122 valence electrons. The minimum absolute atomic E-state index is 0.234. The number of aliphatic hydroxyl groups is 1. The quantitative estimate of drug-likeness (QED) is 0.655. The molecule has 0 saturated carbocycles. The number of guanidine groups is 1. The standard InChI is InChI=1S/C16H26N4OS/c1-4-18-15(20-9-10-22-16(2,3)12-20)19-11-14(21)13-5-7-17-8-6-13/h5-8,14,21H,4,9-12H2,1-3H3,(H,18,19). The lowest BCUT2D eigenvalue weighted by atomic mass is 10.1. The number of thioether (sulfide) groups is 1. The third-order valence-corrected chi connectivity index (χ3v) is 4.86. The highest BCUT2D eigenvalue weighted by atomic mass is 32.2. The van der Waals surface area contributed by atoms with Crippen LogP contribution in [0.5, 0.6) is 0 Å². The molecule has 2 N–H and O–H groups in total. The van der Waals surface area contributed by atoms with Crippen LogP contribution >= 0.6 is 11.8 Å². The van der Waals surface area contributed by atoms with Crippen LogP contribution in [0.25, 0.3) is 0 Å². The van der Waals surface area contributed by atoms with Crippen LogP contribution in [0.1, 0.15) is 32.4 Å². The molecular formula is C16H26N4OS. The van der Waals surface area contributed by atoms with Crippen LogP contribution in [0.3, 0.4) is 0 Å². The van der Waals surface area contributed by atoms with Gasteiger partial charge in [-0.25, -0.2) is 0 Å². The molecule has 2 rings (SSSR count). The molecule has 0 aromatic carbocycles. The van der Waals surface area contributed by atoms with Gasteiger partial charge >= 0.3 is 0 Å². The van der Waals surface area contributed by atoms with Crippen molar-refractivity contribution >= 4 is 17.7 Å². The molecule has 22 heavy (non-hydrogen) atoms. The average Bonchev–Trinajstić information content (AvgIpc) is 2.51. The number of aromatic nitrogens is 1. The molecule has 6 heteroatoms. The van der Waals surface area contributed by atoms with Crippen LogP contribution in [0.15, 0.2) is 29.5 Å². The highest BCUT2D eigenvalue weighted by Gasteiger charge is 2.28. The van der Waals surface area contributed by atoms with E-state index in [1.807, 2.05) is 23.9 Å². The van der Waals surface area contributed by atoms with E-state index in [-0.39, 0.29) is 4.75 Å². The molecule has 1 fully saturated rings. The summed E-state index contributed by atoms with van der Waals surface area (Å²) in [5.74, 6) is 1.99. The molecule has 1 aromatic rings. The first kappa shape index (κ1) is 17.1. The number of hydrogen-bond acceptors (Lipinski definition) is 4. The number of nitrogens with one attached hydrogen (secondary N) is 1. The van der Waals surface area contributed by atoms with Gasteiger partial charge in [0.25, 0.3) is 0 Å². The molecule has 1 aliphatic heterocycles. The summed E-state index contributed by atoms with van der Waals surface area (Å²) >= 11 is 2.00. The fourth-order valence-corrected chi connectivity index (χ4v) is 3.60. The minimum atomic E-state index is -0.594. The van der Waals surface area contributed by atoms with Crippen molar-refractivity contribution in [3.05, 3.63) is 30.1 Å². The fourth-order valence-electron chi connectivity index (χ4n) is 2.49. The van der Waals surface area contributed by atoms with Crippen molar-refractivity contribution < 1.29 is 5.11 Å². The second-order valence-electron chi connectivity index (χ2n) is 6.02. The number of aliphatic hydroxyl groups excluding tert-OH is 1. The molecule has 1 aliphatic rings. The van der Waals surface area contributed by atoms with Gasteiger partial charge in [0.2, 0.25) is 0 Å². The molecule has 0 aliphatic carbocycles. The third-order valence-electron chi connectivity index (χ3n) is 3.56. The monoisotopic (exact) mass is 322 g/mol. The Labute approximate surface area is 137 Å². The van der Waals surface area contributed by atoms with Gasteiger partial charge in [-0.1, -0.05) is 0 Å². The molecule has 2 heterocycles. The van der Waals surface area contributed by atoms with E-state index >= 15 is 0 Å².